The summed E-state index contributed by atoms with van der Waals surface area (Å²) in [5.41, 5.74) is 0. The first kappa shape index (κ1) is 9.88. The van der Waals surface area contributed by atoms with Crippen molar-refractivity contribution >= 4 is 0 Å². The molecule has 0 spiro atoms. The van der Waals surface area contributed by atoms with E-state index in [4.69, 9.17) is 5.11 Å². The van der Waals surface area contributed by atoms with E-state index in [0.29, 0.717) is 0 Å². The van der Waals surface area contributed by atoms with E-state index in [1.807, 2.05) is 0 Å². The summed E-state index contributed by atoms with van der Waals surface area (Å²) in [4.78, 5) is 1.63. The second kappa shape index (κ2) is 3.68. The minimum atomic E-state index is -1.15. The Morgan fingerprint density at radius 3 is 2.33 bits per heavy atom. The van der Waals surface area contributed by atoms with Gasteiger partial charge in [-0.1, -0.05) is 0 Å². The van der Waals surface area contributed by atoms with Gasteiger partial charge in [0.05, 0.1) is 18.8 Å². The number of nitrogens with zero attached hydrogens (tertiary/aromatic N) is 1. The molecular weight excluding hydrogens is 162 g/mol. The number of hydrogen-bond donors (Lipinski definition) is 4. The zero-order valence-corrected chi connectivity index (χ0v) is 6.96. The Labute approximate surface area is 70.9 Å². The molecule has 4 N–H and O–H groups in total. The fourth-order valence-corrected chi connectivity index (χ4v) is 1.50. The predicted molar refractivity (Wildman–Crippen MR) is 41.5 cm³/mol. The van der Waals surface area contributed by atoms with Crippen molar-refractivity contribution in [1.82, 2.24) is 4.90 Å². The third kappa shape index (κ3) is 1.60. The van der Waals surface area contributed by atoms with Gasteiger partial charge in [-0.25, -0.2) is 0 Å². The van der Waals surface area contributed by atoms with Crippen molar-refractivity contribution in [3.63, 3.8) is 0 Å². The summed E-state index contributed by atoms with van der Waals surface area (Å²) in [6.45, 7) is 0.0465. The molecule has 1 rings (SSSR count). The number of β-amino-alcohol motifs (C(OH)–C–C–N with tert-alkyl or cyclic N) is 1. The van der Waals surface area contributed by atoms with Gasteiger partial charge in [-0.15, -0.1) is 0 Å². The second-order valence-corrected chi connectivity index (χ2v) is 3.24. The Hall–Kier alpha value is -0.200. The summed E-state index contributed by atoms with van der Waals surface area (Å²) >= 11 is 0. The fraction of sp³-hybridized carbons (Fsp3) is 1.00. The number of piperidine rings is 1. The van der Waals surface area contributed by atoms with Crippen LogP contribution < -0.4 is 0 Å². The third-order valence-corrected chi connectivity index (χ3v) is 2.37. The lowest BCUT2D eigenvalue weighted by Crippen LogP contribution is -2.61. The Bertz CT molecular complexity index is 154. The minimum Gasteiger partial charge on any atom is -0.395 e. The highest BCUT2D eigenvalue weighted by Gasteiger charge is 2.39. The van der Waals surface area contributed by atoms with Gasteiger partial charge in [0.15, 0.2) is 0 Å². The predicted octanol–water partition coefficient (Wildman–Crippen LogP) is -2.62. The maximum Gasteiger partial charge on any atom is 0.109 e. The van der Waals surface area contributed by atoms with Gasteiger partial charge in [0.1, 0.15) is 12.2 Å². The van der Waals surface area contributed by atoms with Crippen LogP contribution in [0.15, 0.2) is 0 Å². The molecule has 0 aromatic carbocycles. The molecule has 1 aliphatic rings. The lowest BCUT2D eigenvalue weighted by Gasteiger charge is -2.40. The highest BCUT2D eigenvalue weighted by molar-refractivity contribution is 4.92. The minimum absolute atomic E-state index is 0.221. The van der Waals surface area contributed by atoms with Gasteiger partial charge in [0.25, 0.3) is 0 Å². The van der Waals surface area contributed by atoms with E-state index in [0.717, 1.165) is 0 Å². The Morgan fingerprint density at radius 2 is 1.83 bits per heavy atom. The Kier molecular flexibility index (Phi) is 3.03. The van der Waals surface area contributed by atoms with E-state index in [1.165, 1.54) is 0 Å². The van der Waals surface area contributed by atoms with Crippen molar-refractivity contribution in [3.05, 3.63) is 0 Å². The van der Waals surface area contributed by atoms with E-state index in [-0.39, 0.29) is 13.2 Å². The number of aliphatic hydroxyl groups excluding tert-OH is 4. The first-order valence-electron chi connectivity index (χ1n) is 3.93. The molecule has 0 aromatic rings. The van der Waals surface area contributed by atoms with E-state index in [2.05, 4.69) is 0 Å². The molecule has 1 fully saturated rings. The molecule has 0 unspecified atom stereocenters. The summed E-state index contributed by atoms with van der Waals surface area (Å²) in [5.74, 6) is 0. The van der Waals surface area contributed by atoms with Crippen LogP contribution in [0.3, 0.4) is 0 Å². The van der Waals surface area contributed by atoms with Crippen molar-refractivity contribution < 1.29 is 20.4 Å². The molecule has 5 nitrogen and oxygen atoms in total. The molecule has 0 aliphatic carbocycles. The lowest BCUT2D eigenvalue weighted by molar-refractivity contribution is -0.138. The summed E-state index contributed by atoms with van der Waals surface area (Å²) < 4.78 is 0. The van der Waals surface area contributed by atoms with Crippen LogP contribution in [0.25, 0.3) is 0 Å². The topological polar surface area (TPSA) is 84.2 Å². The van der Waals surface area contributed by atoms with Gasteiger partial charge in [0, 0.05) is 6.54 Å². The summed E-state index contributed by atoms with van der Waals surface area (Å²) in [7, 11) is 1.68. The van der Waals surface area contributed by atoms with Gasteiger partial charge < -0.3 is 20.4 Å². The zero-order chi connectivity index (χ0) is 9.30. The number of hydrogen-bond acceptors (Lipinski definition) is 5. The fourth-order valence-electron chi connectivity index (χ4n) is 1.50. The highest BCUT2D eigenvalue weighted by atomic mass is 16.4. The SMILES string of the molecule is CN1C[C@@H](O)[C@@H](O)[C@@H](O)[C@@H]1CO. The monoisotopic (exact) mass is 177 g/mol. The second-order valence-electron chi connectivity index (χ2n) is 3.24. The van der Waals surface area contributed by atoms with Gasteiger partial charge in [-0.2, -0.15) is 0 Å². The molecule has 1 heterocycles. The largest absolute Gasteiger partial charge is 0.395 e. The molecule has 0 amide bonds. The highest BCUT2D eigenvalue weighted by Crippen LogP contribution is 2.16. The Morgan fingerprint density at radius 1 is 1.25 bits per heavy atom. The Balaban J connectivity index is 2.65. The number of aliphatic hydroxyl groups is 4. The first-order chi connectivity index (χ1) is 5.57. The van der Waals surface area contributed by atoms with Crippen LogP contribution in [0, 0.1) is 0 Å². The standard InChI is InChI=1S/C7H15NO4/c1-8-2-5(10)7(12)6(11)4(8)3-9/h4-7,9-12H,2-3H2,1H3/t4-,5+,6-,7+/m0/s1. The zero-order valence-electron chi connectivity index (χ0n) is 6.96. The number of rotatable bonds is 1. The van der Waals surface area contributed by atoms with Gasteiger partial charge >= 0.3 is 0 Å². The van der Waals surface area contributed by atoms with Crippen LogP contribution in [0.5, 0.6) is 0 Å². The average Bonchev–Trinajstić information content (AvgIpc) is 2.01. The molecule has 1 saturated heterocycles. The van der Waals surface area contributed by atoms with Crippen molar-refractivity contribution in [2.24, 2.45) is 0 Å². The number of likely N-dealkylation sites (N-methyl/N-ethyl adjacent to an activating group) is 1. The van der Waals surface area contributed by atoms with E-state index in [9.17, 15) is 15.3 Å². The smallest absolute Gasteiger partial charge is 0.109 e. The van der Waals surface area contributed by atoms with Crippen LogP contribution in [0.2, 0.25) is 0 Å². The van der Waals surface area contributed by atoms with Crippen LogP contribution in [-0.2, 0) is 0 Å². The molecule has 4 atom stereocenters. The van der Waals surface area contributed by atoms with E-state index in [1.54, 1.807) is 11.9 Å². The maximum atomic E-state index is 9.37. The van der Waals surface area contributed by atoms with Crippen LogP contribution in [-0.4, -0.2) is 69.9 Å². The molecule has 0 bridgehead atoms. The summed E-state index contributed by atoms with van der Waals surface area (Å²) in [6.07, 6.45) is -3.17. The average molecular weight is 177 g/mol. The maximum absolute atomic E-state index is 9.37. The first-order valence-corrected chi connectivity index (χ1v) is 3.93. The summed E-state index contributed by atoms with van der Waals surface area (Å²) in [6, 6.07) is -0.483. The van der Waals surface area contributed by atoms with E-state index >= 15 is 0 Å². The summed E-state index contributed by atoms with van der Waals surface area (Å²) in [5, 5.41) is 36.6. The lowest BCUT2D eigenvalue weighted by atomic mass is 9.95. The van der Waals surface area contributed by atoms with Gasteiger partial charge in [0.2, 0.25) is 0 Å². The van der Waals surface area contributed by atoms with Crippen molar-refractivity contribution in [2.45, 2.75) is 24.4 Å². The molecule has 12 heavy (non-hydrogen) atoms. The number of likely N-dealkylation sites (tertiary alicyclic amines) is 1. The third-order valence-electron chi connectivity index (χ3n) is 2.37. The molecular formula is C7H15NO4. The van der Waals surface area contributed by atoms with E-state index < -0.39 is 24.4 Å². The van der Waals surface area contributed by atoms with Crippen LogP contribution in [0.4, 0.5) is 0 Å². The quantitative estimate of drug-likeness (QED) is 0.352. The van der Waals surface area contributed by atoms with Gasteiger partial charge in [-0.3, -0.25) is 4.90 Å². The molecule has 0 aromatic heterocycles. The molecule has 72 valence electrons. The normalized spacial score (nSPS) is 44.8. The molecule has 5 heteroatoms. The molecule has 0 saturated carbocycles. The van der Waals surface area contributed by atoms with Crippen molar-refractivity contribution in [3.8, 4) is 0 Å². The molecule has 0 radical (unpaired) electrons. The van der Waals surface area contributed by atoms with Gasteiger partial charge in [-0.05, 0) is 7.05 Å². The van der Waals surface area contributed by atoms with Crippen LogP contribution >= 0.6 is 0 Å². The van der Waals surface area contributed by atoms with Crippen LogP contribution in [0.1, 0.15) is 0 Å². The van der Waals surface area contributed by atoms with Crippen molar-refractivity contribution in [2.75, 3.05) is 20.2 Å². The molecule has 1 aliphatic heterocycles. The van der Waals surface area contributed by atoms with Crippen molar-refractivity contribution in [1.29, 1.82) is 0 Å².